The molecule has 0 spiro atoms. The van der Waals surface area contributed by atoms with Crippen LogP contribution in [0.4, 0.5) is 11.4 Å². The van der Waals surface area contributed by atoms with Gasteiger partial charge in [0.1, 0.15) is 11.3 Å². The second-order valence-corrected chi connectivity index (χ2v) is 5.39. The molecule has 3 rings (SSSR count). The van der Waals surface area contributed by atoms with E-state index in [1.54, 1.807) is 55.5 Å². The number of hydrogen-bond acceptors (Lipinski definition) is 6. The molecule has 6 nitrogen and oxygen atoms in total. The van der Waals surface area contributed by atoms with Gasteiger partial charge in [0.2, 0.25) is 0 Å². The zero-order valence-corrected chi connectivity index (χ0v) is 14.0. The highest BCUT2D eigenvalue weighted by Crippen LogP contribution is 2.47. The maximum absolute atomic E-state index is 12.3. The molecular formula is C20H15N3O3. The van der Waals surface area contributed by atoms with Gasteiger partial charge in [0.15, 0.2) is 5.75 Å². The molecule has 26 heavy (non-hydrogen) atoms. The zero-order chi connectivity index (χ0) is 18.5. The standard InChI is InChI=1S/C20H15N3O3/c1-2-26-20(25)17-15-6-4-3-5-7-16(15)18(19(17)24)23-22-14-10-8-13(12-21)9-11-14/h3-11,24H,2H2,1H3. The van der Waals surface area contributed by atoms with Gasteiger partial charge in [-0.25, -0.2) is 4.79 Å². The van der Waals surface area contributed by atoms with Crippen LogP contribution < -0.4 is 0 Å². The minimum absolute atomic E-state index is 0.0758. The van der Waals surface area contributed by atoms with Crippen LogP contribution in [0.25, 0.3) is 11.1 Å². The van der Waals surface area contributed by atoms with Crippen LogP contribution in [0.2, 0.25) is 0 Å². The minimum Gasteiger partial charge on any atom is -0.505 e. The normalized spacial score (nSPS) is 10.8. The van der Waals surface area contributed by atoms with Crippen molar-refractivity contribution in [3.63, 3.8) is 0 Å². The third-order valence-corrected chi connectivity index (χ3v) is 3.77. The molecule has 1 aromatic carbocycles. The van der Waals surface area contributed by atoms with Crippen LogP contribution in [0, 0.1) is 11.3 Å². The summed E-state index contributed by atoms with van der Waals surface area (Å²) in [6.45, 7) is 1.90. The predicted molar refractivity (Wildman–Crippen MR) is 96.0 cm³/mol. The molecule has 0 amide bonds. The lowest BCUT2D eigenvalue weighted by molar-refractivity contribution is 0.0524. The van der Waals surface area contributed by atoms with Gasteiger partial charge in [0, 0.05) is 11.1 Å². The molecule has 1 aromatic rings. The highest BCUT2D eigenvalue weighted by atomic mass is 16.5. The summed E-state index contributed by atoms with van der Waals surface area (Å²) in [5.41, 5.74) is 2.45. The first-order chi connectivity index (χ1) is 12.7. The lowest BCUT2D eigenvalue weighted by atomic mass is 10.1. The van der Waals surface area contributed by atoms with E-state index in [9.17, 15) is 9.90 Å². The van der Waals surface area contributed by atoms with Crippen molar-refractivity contribution in [1.82, 2.24) is 0 Å². The summed E-state index contributed by atoms with van der Waals surface area (Å²) < 4.78 is 5.05. The molecule has 0 atom stereocenters. The first kappa shape index (κ1) is 17.1. The fraction of sp³-hybridized carbons (Fsp3) is 0.100. The van der Waals surface area contributed by atoms with Crippen LogP contribution >= 0.6 is 0 Å². The number of esters is 1. The van der Waals surface area contributed by atoms with Crippen LogP contribution in [0.1, 0.15) is 22.8 Å². The SMILES string of the molecule is CCOC(=O)c1c2cccccc-2c(N=Nc2ccc(C#N)cc2)c1O. The van der Waals surface area contributed by atoms with E-state index in [1.807, 2.05) is 12.1 Å². The largest absolute Gasteiger partial charge is 0.505 e. The van der Waals surface area contributed by atoms with Gasteiger partial charge in [-0.3, -0.25) is 0 Å². The molecule has 0 heterocycles. The Morgan fingerprint density at radius 1 is 1.08 bits per heavy atom. The van der Waals surface area contributed by atoms with Crippen molar-refractivity contribution in [2.24, 2.45) is 10.2 Å². The number of rotatable bonds is 4. The van der Waals surface area contributed by atoms with E-state index in [0.29, 0.717) is 22.4 Å². The molecule has 0 saturated carbocycles. The number of benzene rings is 1. The summed E-state index contributed by atoms with van der Waals surface area (Å²) >= 11 is 0. The number of ether oxygens (including phenoxy) is 1. The highest BCUT2D eigenvalue weighted by molar-refractivity contribution is 6.07. The minimum atomic E-state index is -0.610. The van der Waals surface area contributed by atoms with Gasteiger partial charge in [-0.15, -0.1) is 5.11 Å². The van der Waals surface area contributed by atoms with Crippen molar-refractivity contribution in [3.8, 4) is 22.9 Å². The Morgan fingerprint density at radius 3 is 2.42 bits per heavy atom. The van der Waals surface area contributed by atoms with Gasteiger partial charge in [-0.2, -0.15) is 10.4 Å². The molecule has 0 radical (unpaired) electrons. The van der Waals surface area contributed by atoms with Crippen molar-refractivity contribution < 1.29 is 14.6 Å². The fourth-order valence-corrected chi connectivity index (χ4v) is 2.57. The summed E-state index contributed by atoms with van der Waals surface area (Å²) in [6, 6.07) is 17.4. The Kier molecular flexibility index (Phi) is 4.90. The van der Waals surface area contributed by atoms with Crippen molar-refractivity contribution in [1.29, 1.82) is 5.26 Å². The summed E-state index contributed by atoms with van der Waals surface area (Å²) in [5, 5.41) is 27.6. The zero-order valence-electron chi connectivity index (χ0n) is 14.0. The third-order valence-electron chi connectivity index (χ3n) is 3.77. The molecule has 2 aliphatic rings. The lowest BCUT2D eigenvalue weighted by Gasteiger charge is -2.01. The molecule has 1 N–H and O–H groups in total. The van der Waals surface area contributed by atoms with Crippen LogP contribution in [0.15, 0.2) is 64.8 Å². The van der Waals surface area contributed by atoms with Crippen molar-refractivity contribution in [2.45, 2.75) is 6.92 Å². The van der Waals surface area contributed by atoms with Gasteiger partial charge in [0.25, 0.3) is 0 Å². The molecule has 0 fully saturated rings. The number of nitriles is 1. The average Bonchev–Trinajstić information content (AvgIpc) is 2.79. The van der Waals surface area contributed by atoms with E-state index in [2.05, 4.69) is 10.2 Å². The Labute approximate surface area is 150 Å². The van der Waals surface area contributed by atoms with Gasteiger partial charge in [-0.1, -0.05) is 30.3 Å². The van der Waals surface area contributed by atoms with Crippen molar-refractivity contribution in [2.75, 3.05) is 6.61 Å². The lowest BCUT2D eigenvalue weighted by Crippen LogP contribution is -2.04. The molecule has 0 aliphatic heterocycles. The topological polar surface area (TPSA) is 95.0 Å². The van der Waals surface area contributed by atoms with Gasteiger partial charge in [0.05, 0.1) is 23.9 Å². The number of nitrogens with zero attached hydrogens (tertiary/aromatic N) is 3. The monoisotopic (exact) mass is 345 g/mol. The number of carbonyl (C=O) groups excluding carboxylic acids is 1. The number of azo groups is 1. The first-order valence-corrected chi connectivity index (χ1v) is 7.98. The Morgan fingerprint density at radius 2 is 1.77 bits per heavy atom. The average molecular weight is 345 g/mol. The number of carbonyl (C=O) groups is 1. The predicted octanol–water partition coefficient (Wildman–Crippen LogP) is 4.96. The van der Waals surface area contributed by atoms with Crippen molar-refractivity contribution in [3.05, 3.63) is 65.7 Å². The molecule has 0 aromatic heterocycles. The maximum atomic E-state index is 12.3. The van der Waals surface area contributed by atoms with Crippen LogP contribution in [0.5, 0.6) is 5.75 Å². The first-order valence-electron chi connectivity index (χ1n) is 7.98. The highest BCUT2D eigenvalue weighted by Gasteiger charge is 2.28. The van der Waals surface area contributed by atoms with Crippen LogP contribution in [-0.2, 0) is 4.74 Å². The second-order valence-electron chi connectivity index (χ2n) is 5.39. The Hall–Kier alpha value is -3.72. The fourth-order valence-electron chi connectivity index (χ4n) is 2.57. The number of fused-ring (bicyclic) bond motifs is 1. The third kappa shape index (κ3) is 3.23. The molecule has 128 valence electrons. The van der Waals surface area contributed by atoms with E-state index in [4.69, 9.17) is 10.00 Å². The number of hydrogen-bond donors (Lipinski definition) is 1. The Balaban J connectivity index is 2.08. The summed E-state index contributed by atoms with van der Waals surface area (Å²) in [5.74, 6) is -0.872. The molecule has 0 saturated heterocycles. The van der Waals surface area contributed by atoms with Crippen LogP contribution in [-0.4, -0.2) is 17.7 Å². The van der Waals surface area contributed by atoms with Gasteiger partial charge in [-0.05, 0) is 31.2 Å². The second kappa shape index (κ2) is 7.45. The molecule has 6 heteroatoms. The smallest absolute Gasteiger partial charge is 0.342 e. The molecular weight excluding hydrogens is 330 g/mol. The van der Waals surface area contributed by atoms with Gasteiger partial charge < -0.3 is 9.84 Å². The molecule has 2 aliphatic carbocycles. The van der Waals surface area contributed by atoms with E-state index in [0.717, 1.165) is 0 Å². The molecule has 0 bridgehead atoms. The van der Waals surface area contributed by atoms with E-state index in [-0.39, 0.29) is 23.6 Å². The van der Waals surface area contributed by atoms with E-state index in [1.165, 1.54) is 0 Å². The number of aromatic hydroxyl groups is 1. The Bertz CT molecular complexity index is 988. The van der Waals surface area contributed by atoms with Crippen LogP contribution in [0.3, 0.4) is 0 Å². The van der Waals surface area contributed by atoms with Crippen molar-refractivity contribution >= 4 is 17.3 Å². The summed E-state index contributed by atoms with van der Waals surface area (Å²) in [6.07, 6.45) is 0. The molecule has 0 unspecified atom stereocenters. The van der Waals surface area contributed by atoms with Gasteiger partial charge >= 0.3 is 5.97 Å². The maximum Gasteiger partial charge on any atom is 0.342 e. The quantitative estimate of drug-likeness (QED) is 0.534. The van der Waals surface area contributed by atoms with E-state index < -0.39 is 5.97 Å². The summed E-state index contributed by atoms with van der Waals surface area (Å²) in [4.78, 5) is 12.3. The van der Waals surface area contributed by atoms with E-state index >= 15 is 0 Å². The summed E-state index contributed by atoms with van der Waals surface area (Å²) in [7, 11) is 0.